The van der Waals surface area contributed by atoms with Gasteiger partial charge in [-0.3, -0.25) is 14.1 Å². The number of allylic oxidation sites excluding steroid dienone is 13. The summed E-state index contributed by atoms with van der Waals surface area (Å²) >= 11 is 0. The lowest BCUT2D eigenvalue weighted by atomic mass is 10.1. The van der Waals surface area contributed by atoms with Crippen molar-refractivity contribution in [3.63, 3.8) is 0 Å². The maximum atomic E-state index is 12.4. The number of aliphatic hydroxyl groups excluding tert-OH is 1. The summed E-state index contributed by atoms with van der Waals surface area (Å²) in [5, 5.41) is 9.70. The third-order valence-corrected chi connectivity index (χ3v) is 8.43. The van der Waals surface area contributed by atoms with Gasteiger partial charge in [-0.2, -0.15) is 0 Å². The predicted molar refractivity (Wildman–Crippen MR) is 217 cm³/mol. The normalized spacial score (nSPS) is 14.0. The smallest absolute Gasteiger partial charge is 0.462 e. The Morgan fingerprint density at radius 3 is 1.57 bits per heavy atom. The number of aliphatic hydroxyl groups is 1. The fourth-order valence-electron chi connectivity index (χ4n) is 4.97. The zero-order valence-electron chi connectivity index (χ0n) is 32.7. The molecular formula is C43H71O9P. The number of phosphoric acid groups is 1. The summed E-state index contributed by atoms with van der Waals surface area (Å²) < 4.78 is 26.3. The Labute approximate surface area is 321 Å². The topological polar surface area (TPSA) is 140 Å². The van der Waals surface area contributed by atoms with Gasteiger partial charge in [0.15, 0.2) is 6.10 Å². The van der Waals surface area contributed by atoms with Crippen LogP contribution in [0.25, 0.3) is 0 Å². The molecule has 10 heteroatoms. The molecule has 0 heterocycles. The van der Waals surface area contributed by atoms with Crippen LogP contribution in [0.2, 0.25) is 0 Å². The molecule has 0 aromatic carbocycles. The summed E-state index contributed by atoms with van der Waals surface area (Å²) in [5.41, 5.74) is 0. The minimum Gasteiger partial charge on any atom is -0.462 e. The Kier molecular flexibility index (Phi) is 35.5. The number of phosphoric ester groups is 1. The second-order valence-electron chi connectivity index (χ2n) is 13.1. The Bertz CT molecular complexity index is 1150. The van der Waals surface area contributed by atoms with Crippen LogP contribution in [0.3, 0.4) is 0 Å². The fraction of sp³-hybridized carbons (Fsp3) is 0.628. The van der Waals surface area contributed by atoms with E-state index in [0.717, 1.165) is 70.6 Å². The van der Waals surface area contributed by atoms with Gasteiger partial charge in [0.25, 0.3) is 0 Å². The number of carbonyl (C=O) groups is 2. The van der Waals surface area contributed by atoms with Crippen molar-refractivity contribution >= 4 is 19.8 Å². The van der Waals surface area contributed by atoms with Crippen molar-refractivity contribution in [1.29, 1.82) is 0 Å². The second-order valence-corrected chi connectivity index (χ2v) is 14.3. The molecule has 53 heavy (non-hydrogen) atoms. The van der Waals surface area contributed by atoms with Crippen molar-refractivity contribution in [3.05, 3.63) is 85.1 Å². The van der Waals surface area contributed by atoms with Crippen molar-refractivity contribution < 1.29 is 43.0 Å². The molecule has 2 atom stereocenters. The number of esters is 2. The third-order valence-electron chi connectivity index (χ3n) is 7.94. The summed E-state index contributed by atoms with van der Waals surface area (Å²) in [6.45, 7) is 3.37. The summed E-state index contributed by atoms with van der Waals surface area (Å²) in [5.74, 6) is -1.01. The molecule has 0 saturated heterocycles. The van der Waals surface area contributed by atoms with Crippen molar-refractivity contribution in [1.82, 2.24) is 0 Å². The van der Waals surface area contributed by atoms with E-state index in [1.807, 2.05) is 18.2 Å². The van der Waals surface area contributed by atoms with Crippen LogP contribution in [0, 0.1) is 0 Å². The van der Waals surface area contributed by atoms with E-state index < -0.39 is 32.5 Å². The molecule has 1 unspecified atom stereocenters. The molecule has 0 rings (SSSR count). The van der Waals surface area contributed by atoms with Crippen LogP contribution in [0.5, 0.6) is 0 Å². The zero-order chi connectivity index (χ0) is 39.1. The molecule has 0 aromatic rings. The molecule has 0 spiro atoms. The van der Waals surface area contributed by atoms with Crippen molar-refractivity contribution in [2.24, 2.45) is 0 Å². The molecule has 0 aliphatic carbocycles. The quantitative estimate of drug-likeness (QED) is 0.0249. The molecule has 3 N–H and O–H groups in total. The lowest BCUT2D eigenvalue weighted by Crippen LogP contribution is -2.29. The van der Waals surface area contributed by atoms with Gasteiger partial charge in [-0.15, -0.1) is 0 Å². The first-order valence-corrected chi connectivity index (χ1v) is 21.5. The Morgan fingerprint density at radius 1 is 0.566 bits per heavy atom. The van der Waals surface area contributed by atoms with Crippen LogP contribution in [0.15, 0.2) is 85.1 Å². The van der Waals surface area contributed by atoms with Crippen molar-refractivity contribution in [2.75, 3.05) is 13.2 Å². The highest BCUT2D eigenvalue weighted by Crippen LogP contribution is 2.36. The van der Waals surface area contributed by atoms with Gasteiger partial charge in [0.1, 0.15) is 6.61 Å². The molecule has 0 aromatic heterocycles. The van der Waals surface area contributed by atoms with Gasteiger partial charge in [-0.1, -0.05) is 131 Å². The maximum absolute atomic E-state index is 12.4. The molecule has 9 nitrogen and oxygen atoms in total. The largest absolute Gasteiger partial charge is 0.469 e. The van der Waals surface area contributed by atoms with E-state index >= 15 is 0 Å². The highest BCUT2D eigenvalue weighted by Gasteiger charge is 2.22. The van der Waals surface area contributed by atoms with Gasteiger partial charge >= 0.3 is 19.8 Å². The van der Waals surface area contributed by atoms with Crippen molar-refractivity contribution in [2.45, 2.75) is 161 Å². The van der Waals surface area contributed by atoms with Gasteiger partial charge < -0.3 is 24.4 Å². The number of carbonyl (C=O) groups excluding carboxylic acids is 2. The van der Waals surface area contributed by atoms with Crippen molar-refractivity contribution in [3.8, 4) is 0 Å². The van der Waals surface area contributed by atoms with Crippen LogP contribution >= 0.6 is 7.82 Å². The molecule has 0 amide bonds. The van der Waals surface area contributed by atoms with E-state index in [1.54, 1.807) is 0 Å². The van der Waals surface area contributed by atoms with Crippen LogP contribution in [0.4, 0.5) is 0 Å². The number of unbranched alkanes of at least 4 members (excludes halogenated alkanes) is 8. The van der Waals surface area contributed by atoms with E-state index in [1.165, 1.54) is 25.7 Å². The predicted octanol–water partition coefficient (Wildman–Crippen LogP) is 11.0. The monoisotopic (exact) mass is 762 g/mol. The van der Waals surface area contributed by atoms with Gasteiger partial charge in [0.05, 0.1) is 12.7 Å². The number of ether oxygens (including phenoxy) is 2. The first-order chi connectivity index (χ1) is 25.7. The average Bonchev–Trinajstić information content (AvgIpc) is 3.12. The first kappa shape index (κ1) is 50.2. The first-order valence-electron chi connectivity index (χ1n) is 20.0. The average molecular weight is 763 g/mol. The summed E-state index contributed by atoms with van der Waals surface area (Å²) in [6.07, 6.45) is 46.5. The van der Waals surface area contributed by atoms with E-state index in [2.05, 4.69) is 85.2 Å². The van der Waals surface area contributed by atoms with E-state index in [0.29, 0.717) is 25.7 Å². The molecule has 0 bridgehead atoms. The molecule has 0 radical (unpaired) electrons. The zero-order valence-corrected chi connectivity index (χ0v) is 33.6. The minimum absolute atomic E-state index is 0.111. The van der Waals surface area contributed by atoms with Gasteiger partial charge in [0.2, 0.25) is 0 Å². The Hall–Kier alpha value is -2.81. The lowest BCUT2D eigenvalue weighted by molar-refractivity contribution is -0.161. The number of rotatable bonds is 35. The highest BCUT2D eigenvalue weighted by atomic mass is 31.2. The molecule has 0 fully saturated rings. The van der Waals surface area contributed by atoms with Crippen LogP contribution in [-0.2, 0) is 28.2 Å². The Balaban J connectivity index is 4.13. The molecule has 0 aliphatic rings. The molecule has 0 saturated carbocycles. The maximum Gasteiger partial charge on any atom is 0.469 e. The Morgan fingerprint density at radius 2 is 1.04 bits per heavy atom. The summed E-state index contributed by atoms with van der Waals surface area (Å²) in [7, 11) is -4.79. The highest BCUT2D eigenvalue weighted by molar-refractivity contribution is 7.46. The van der Waals surface area contributed by atoms with Crippen LogP contribution in [-0.4, -0.2) is 52.3 Å². The van der Waals surface area contributed by atoms with Gasteiger partial charge in [0, 0.05) is 12.8 Å². The van der Waals surface area contributed by atoms with E-state index in [4.69, 9.17) is 19.3 Å². The fourth-order valence-corrected chi connectivity index (χ4v) is 5.33. The van der Waals surface area contributed by atoms with E-state index in [-0.39, 0.29) is 25.6 Å². The molecule has 302 valence electrons. The standard InChI is InChI=1S/C43H71O9P/c1-3-5-6-7-8-9-10-11-12-13-14-17-20-23-26-29-32-36-42(45)50-38-41(39-51-53(47,48)49)52-43(46)37-33-30-27-24-21-18-15-16-19-22-25-28-31-35-40(44)34-4-2/h8-9,11-12,14-15,17-19,22,24,27-28,31,40-41,44H,3-7,10,13,16,20-21,23,25-26,29-30,32-39H2,1-2H3,(H2,47,48,49)/b9-8-,12-11-,17-14-,18-15-,22-19-,27-24-,31-28-/t40?,41-/m1/s1. The number of hydrogen-bond donors (Lipinski definition) is 3. The van der Waals surface area contributed by atoms with Gasteiger partial charge in [-0.25, -0.2) is 4.57 Å². The van der Waals surface area contributed by atoms with E-state index in [9.17, 15) is 19.3 Å². The third kappa shape index (κ3) is 40.2. The van der Waals surface area contributed by atoms with Gasteiger partial charge in [-0.05, 0) is 89.9 Å². The van der Waals surface area contributed by atoms with Crippen LogP contribution in [0.1, 0.15) is 149 Å². The summed E-state index contributed by atoms with van der Waals surface area (Å²) in [4.78, 5) is 42.8. The second kappa shape index (κ2) is 37.5. The minimum atomic E-state index is -4.79. The molecule has 0 aliphatic heterocycles. The van der Waals surface area contributed by atoms with Crippen LogP contribution < -0.4 is 0 Å². The molecular weight excluding hydrogens is 691 g/mol. The lowest BCUT2D eigenvalue weighted by Gasteiger charge is -2.18. The number of hydrogen-bond acceptors (Lipinski definition) is 7. The SMILES string of the molecule is CCCCC/C=C\C/C=C\C/C=C\CCCCCCC(=O)OC[C@H](COP(=O)(O)O)OC(=O)CCC/C=C\C/C=C\C/C=C\C/C=C\CC(O)CCC. The summed E-state index contributed by atoms with van der Waals surface area (Å²) in [6, 6.07) is 0.